The van der Waals surface area contributed by atoms with Crippen LogP contribution in [-0.2, 0) is 0 Å². The van der Waals surface area contributed by atoms with E-state index in [9.17, 15) is 5.11 Å². The van der Waals surface area contributed by atoms with Gasteiger partial charge >= 0.3 is 0 Å². The molecular weight excluding hydrogens is 313 g/mol. The minimum Gasteiger partial charge on any atom is -0.508 e. The highest BCUT2D eigenvalue weighted by molar-refractivity contribution is 14.1. The molecule has 0 aliphatic heterocycles. The number of aliphatic hydroxyl groups excluding tert-OH is 1. The van der Waals surface area contributed by atoms with Crippen LogP contribution in [0, 0.1) is 5.41 Å². The van der Waals surface area contributed by atoms with Crippen molar-refractivity contribution in [2.45, 2.75) is 34.1 Å². The molecule has 0 spiro atoms. The van der Waals surface area contributed by atoms with E-state index in [1.807, 2.05) is 26.0 Å². The topological polar surface area (TPSA) is 32.3 Å². The van der Waals surface area contributed by atoms with Gasteiger partial charge in [0.05, 0.1) is 0 Å². The number of aliphatic hydroxyl groups is 1. The van der Waals surface area contributed by atoms with Crippen molar-refractivity contribution >= 4 is 22.9 Å². The van der Waals surface area contributed by atoms with Gasteiger partial charge in [-0.1, -0.05) is 45.4 Å². The Labute approximate surface area is 113 Å². The van der Waals surface area contributed by atoms with Crippen molar-refractivity contribution in [3.8, 4) is 0 Å². The van der Waals surface area contributed by atoms with Crippen molar-refractivity contribution in [2.75, 3.05) is 6.54 Å². The van der Waals surface area contributed by atoms with E-state index in [1.165, 1.54) is 5.57 Å². The Morgan fingerprint density at radius 3 is 2.56 bits per heavy atom. The fourth-order valence-electron chi connectivity index (χ4n) is 1.40. The molecule has 0 aromatic heterocycles. The van der Waals surface area contributed by atoms with Crippen LogP contribution >= 0.6 is 22.9 Å². The first kappa shape index (κ1) is 15.7. The third-order valence-corrected chi connectivity index (χ3v) is 2.84. The van der Waals surface area contributed by atoms with Crippen LogP contribution in [0.3, 0.4) is 0 Å². The predicted octanol–water partition coefficient (Wildman–Crippen LogP) is 4.31. The molecule has 0 saturated heterocycles. The number of halogens is 1. The number of rotatable bonds is 3. The maximum Gasteiger partial charge on any atom is 0.115 e. The molecule has 0 saturated carbocycles. The maximum absolute atomic E-state index is 9.32. The van der Waals surface area contributed by atoms with Crippen molar-refractivity contribution in [1.29, 1.82) is 0 Å². The van der Waals surface area contributed by atoms with E-state index in [2.05, 4.69) is 40.2 Å². The summed E-state index contributed by atoms with van der Waals surface area (Å²) in [6.07, 6.45) is 8.43. The number of hydrogen-bond donors (Lipinski definition) is 2. The summed E-state index contributed by atoms with van der Waals surface area (Å²) in [6, 6.07) is 0. The van der Waals surface area contributed by atoms with Gasteiger partial charge in [-0.3, -0.25) is 3.53 Å². The summed E-state index contributed by atoms with van der Waals surface area (Å²) in [5.74, 6) is 0.332. The molecular formula is C13H22INO. The lowest BCUT2D eigenvalue weighted by molar-refractivity contribution is 0.432. The zero-order valence-corrected chi connectivity index (χ0v) is 12.7. The molecule has 2 nitrogen and oxygen atoms in total. The molecule has 3 heteroatoms. The first-order valence-corrected chi connectivity index (χ1v) is 6.74. The fourth-order valence-corrected chi connectivity index (χ4v) is 2.35. The van der Waals surface area contributed by atoms with Gasteiger partial charge in [0, 0.05) is 29.4 Å². The molecule has 0 bridgehead atoms. The molecule has 0 heterocycles. The average Bonchev–Trinajstić information content (AvgIpc) is 2.46. The highest BCUT2D eigenvalue weighted by atomic mass is 127. The SMILES string of the molecule is CC.CC(C)(CNI)C1=CC=C(O)C=CC1. The average molecular weight is 335 g/mol. The van der Waals surface area contributed by atoms with Crippen LogP contribution in [0.25, 0.3) is 0 Å². The second-order valence-corrected chi connectivity index (χ2v) is 4.85. The van der Waals surface area contributed by atoms with Gasteiger partial charge in [0.15, 0.2) is 0 Å². The minimum absolute atomic E-state index is 0.132. The Hall–Kier alpha value is -0.290. The van der Waals surface area contributed by atoms with Crippen LogP contribution in [0.15, 0.2) is 35.6 Å². The quantitative estimate of drug-likeness (QED) is 0.595. The van der Waals surface area contributed by atoms with Crippen LogP contribution in [0.4, 0.5) is 0 Å². The molecule has 2 N–H and O–H groups in total. The molecule has 0 aromatic rings. The van der Waals surface area contributed by atoms with Crippen LogP contribution < -0.4 is 3.53 Å². The Morgan fingerprint density at radius 1 is 1.38 bits per heavy atom. The highest BCUT2D eigenvalue weighted by Crippen LogP contribution is 2.30. The molecule has 0 aromatic carbocycles. The number of nitrogens with one attached hydrogen (secondary N) is 1. The van der Waals surface area contributed by atoms with Crippen molar-refractivity contribution < 1.29 is 5.11 Å². The fraction of sp³-hybridized carbons (Fsp3) is 0.538. The highest BCUT2D eigenvalue weighted by Gasteiger charge is 2.21. The van der Waals surface area contributed by atoms with E-state index in [-0.39, 0.29) is 5.41 Å². The van der Waals surface area contributed by atoms with Crippen LogP contribution in [0.5, 0.6) is 0 Å². The van der Waals surface area contributed by atoms with Gasteiger partial charge < -0.3 is 5.11 Å². The number of allylic oxidation sites excluding steroid dienone is 4. The van der Waals surface area contributed by atoms with E-state index >= 15 is 0 Å². The third-order valence-electron chi connectivity index (χ3n) is 2.46. The summed E-state index contributed by atoms with van der Waals surface area (Å²) in [4.78, 5) is 0. The molecule has 0 amide bonds. The van der Waals surface area contributed by atoms with Crippen LogP contribution in [0.1, 0.15) is 34.1 Å². The van der Waals surface area contributed by atoms with Crippen molar-refractivity contribution in [1.82, 2.24) is 3.53 Å². The van der Waals surface area contributed by atoms with Gasteiger partial charge in [-0.05, 0) is 24.0 Å². The Kier molecular flexibility index (Phi) is 7.76. The van der Waals surface area contributed by atoms with Gasteiger partial charge in [-0.2, -0.15) is 0 Å². The van der Waals surface area contributed by atoms with Gasteiger partial charge in [0.25, 0.3) is 0 Å². The van der Waals surface area contributed by atoms with Gasteiger partial charge in [-0.15, -0.1) is 0 Å². The second kappa shape index (κ2) is 7.90. The summed E-state index contributed by atoms with van der Waals surface area (Å²) in [5.41, 5.74) is 1.47. The summed E-state index contributed by atoms with van der Waals surface area (Å²) in [7, 11) is 0. The number of hydrogen-bond acceptors (Lipinski definition) is 2. The molecule has 16 heavy (non-hydrogen) atoms. The van der Waals surface area contributed by atoms with E-state index in [4.69, 9.17) is 0 Å². The van der Waals surface area contributed by atoms with E-state index in [0.717, 1.165) is 13.0 Å². The maximum atomic E-state index is 9.32. The first-order chi connectivity index (χ1) is 7.56. The smallest absolute Gasteiger partial charge is 0.115 e. The predicted molar refractivity (Wildman–Crippen MR) is 79.7 cm³/mol. The Morgan fingerprint density at radius 2 is 2.00 bits per heavy atom. The first-order valence-electron chi connectivity index (χ1n) is 5.66. The Balaban J connectivity index is 0.00000106. The molecule has 0 atom stereocenters. The van der Waals surface area contributed by atoms with Gasteiger partial charge in [0.2, 0.25) is 0 Å². The molecule has 1 aliphatic carbocycles. The second-order valence-electron chi connectivity index (χ2n) is 4.08. The largest absolute Gasteiger partial charge is 0.508 e. The normalized spacial score (nSPS) is 15.6. The lowest BCUT2D eigenvalue weighted by Gasteiger charge is -2.26. The minimum atomic E-state index is 0.132. The lowest BCUT2D eigenvalue weighted by Crippen LogP contribution is -2.25. The third kappa shape index (κ3) is 5.16. The zero-order chi connectivity index (χ0) is 12.6. The summed E-state index contributed by atoms with van der Waals surface area (Å²) in [5, 5.41) is 9.32. The Bertz CT molecular complexity index is 290. The lowest BCUT2D eigenvalue weighted by atomic mass is 9.82. The van der Waals surface area contributed by atoms with Crippen molar-refractivity contribution in [3.63, 3.8) is 0 Å². The van der Waals surface area contributed by atoms with E-state index in [1.54, 1.807) is 12.2 Å². The zero-order valence-electron chi connectivity index (χ0n) is 10.5. The summed E-state index contributed by atoms with van der Waals surface area (Å²) < 4.78 is 3.16. The van der Waals surface area contributed by atoms with Crippen LogP contribution in [-0.4, -0.2) is 11.7 Å². The molecule has 1 aliphatic rings. The van der Waals surface area contributed by atoms with Gasteiger partial charge in [-0.25, -0.2) is 0 Å². The molecule has 0 radical (unpaired) electrons. The monoisotopic (exact) mass is 335 g/mol. The molecule has 0 fully saturated rings. The standard InChI is InChI=1S/C11H16INO.C2H6/c1-11(2,8-13-12)9-4-3-5-10(14)7-6-9;1-2/h3,5-7,13-14H,4,8H2,1-2H3;1-2H3. The molecule has 1 rings (SSSR count). The van der Waals surface area contributed by atoms with Crippen molar-refractivity contribution in [2.24, 2.45) is 5.41 Å². The van der Waals surface area contributed by atoms with E-state index in [0.29, 0.717) is 5.76 Å². The van der Waals surface area contributed by atoms with Crippen molar-refractivity contribution in [3.05, 3.63) is 35.6 Å². The van der Waals surface area contributed by atoms with Gasteiger partial charge in [0.1, 0.15) is 5.76 Å². The summed E-state index contributed by atoms with van der Waals surface area (Å²) in [6.45, 7) is 9.34. The molecule has 0 unspecified atom stereocenters. The summed E-state index contributed by atoms with van der Waals surface area (Å²) >= 11 is 2.16. The molecule has 92 valence electrons. The van der Waals surface area contributed by atoms with Crippen LogP contribution in [0.2, 0.25) is 0 Å². The van der Waals surface area contributed by atoms with E-state index < -0.39 is 0 Å².